The minimum absolute atomic E-state index is 0.00410. The van der Waals surface area contributed by atoms with Crippen molar-refractivity contribution in [1.82, 2.24) is 20.0 Å². The monoisotopic (exact) mass is 374 g/mol. The normalized spacial score (nSPS) is 26.8. The molecular formula is C19H23ClN4O2. The van der Waals surface area contributed by atoms with Gasteiger partial charge in [0.2, 0.25) is 5.91 Å². The SMILES string of the molecule is O=C1NCCC[C@]12CN(Cc1cnn(-c3cccc(Cl)c3)c1)CC[C@@H]2O. The van der Waals surface area contributed by atoms with Crippen LogP contribution in [-0.2, 0) is 11.3 Å². The molecule has 6 nitrogen and oxygen atoms in total. The fourth-order valence-corrected chi connectivity index (χ4v) is 4.31. The first-order chi connectivity index (χ1) is 12.6. The molecule has 0 aliphatic carbocycles. The van der Waals surface area contributed by atoms with E-state index in [1.807, 2.05) is 41.3 Å². The molecule has 2 aliphatic heterocycles. The fraction of sp³-hybridized carbons (Fsp3) is 0.474. The van der Waals surface area contributed by atoms with Crippen LogP contribution in [0.3, 0.4) is 0 Å². The lowest BCUT2D eigenvalue weighted by Crippen LogP contribution is -2.61. The van der Waals surface area contributed by atoms with Crippen molar-refractivity contribution in [3.05, 3.63) is 47.2 Å². The van der Waals surface area contributed by atoms with Crippen molar-refractivity contribution in [3.8, 4) is 5.69 Å². The van der Waals surface area contributed by atoms with Gasteiger partial charge in [0, 0.05) is 43.0 Å². The molecule has 1 amide bonds. The Morgan fingerprint density at radius 2 is 2.31 bits per heavy atom. The number of nitrogens with zero attached hydrogens (tertiary/aromatic N) is 3. The van der Waals surface area contributed by atoms with Crippen LogP contribution in [0, 0.1) is 5.41 Å². The van der Waals surface area contributed by atoms with E-state index in [1.54, 1.807) is 0 Å². The maximum absolute atomic E-state index is 12.5. The highest BCUT2D eigenvalue weighted by Crippen LogP contribution is 2.37. The number of nitrogens with one attached hydrogen (secondary N) is 1. The lowest BCUT2D eigenvalue weighted by Gasteiger charge is -2.46. The van der Waals surface area contributed by atoms with Crippen LogP contribution in [0.2, 0.25) is 5.02 Å². The van der Waals surface area contributed by atoms with Gasteiger partial charge in [0.15, 0.2) is 0 Å². The van der Waals surface area contributed by atoms with E-state index in [9.17, 15) is 9.90 Å². The second kappa shape index (κ2) is 7.02. The summed E-state index contributed by atoms with van der Waals surface area (Å²) in [6, 6.07) is 7.57. The molecule has 0 unspecified atom stereocenters. The maximum atomic E-state index is 12.5. The molecule has 0 radical (unpaired) electrons. The predicted molar refractivity (Wildman–Crippen MR) is 99.2 cm³/mol. The van der Waals surface area contributed by atoms with Crippen molar-refractivity contribution >= 4 is 17.5 Å². The number of carbonyl (C=O) groups is 1. The molecule has 1 spiro atoms. The molecule has 2 aromatic rings. The Morgan fingerprint density at radius 1 is 1.42 bits per heavy atom. The summed E-state index contributed by atoms with van der Waals surface area (Å²) in [5.74, 6) is -0.00410. The number of aliphatic hydroxyl groups is 1. The van der Waals surface area contributed by atoms with Crippen LogP contribution >= 0.6 is 11.6 Å². The highest BCUT2D eigenvalue weighted by Gasteiger charge is 2.49. The Labute approximate surface area is 157 Å². The zero-order valence-electron chi connectivity index (χ0n) is 14.6. The molecule has 3 heterocycles. The number of amides is 1. The fourth-order valence-electron chi connectivity index (χ4n) is 4.12. The van der Waals surface area contributed by atoms with Crippen molar-refractivity contribution in [3.63, 3.8) is 0 Å². The van der Waals surface area contributed by atoms with Crippen LogP contribution in [0.25, 0.3) is 5.69 Å². The van der Waals surface area contributed by atoms with Gasteiger partial charge >= 0.3 is 0 Å². The van der Waals surface area contributed by atoms with E-state index in [4.69, 9.17) is 11.6 Å². The molecule has 2 N–H and O–H groups in total. The van der Waals surface area contributed by atoms with Crippen LogP contribution in [0.5, 0.6) is 0 Å². The van der Waals surface area contributed by atoms with Crippen molar-refractivity contribution in [2.75, 3.05) is 19.6 Å². The average Bonchev–Trinajstić information content (AvgIpc) is 3.09. The van der Waals surface area contributed by atoms with E-state index in [0.29, 0.717) is 31.1 Å². The highest BCUT2D eigenvalue weighted by atomic mass is 35.5. The second-order valence-electron chi connectivity index (χ2n) is 7.30. The molecule has 7 heteroatoms. The van der Waals surface area contributed by atoms with Gasteiger partial charge in [0.05, 0.1) is 23.4 Å². The Morgan fingerprint density at radius 3 is 3.12 bits per heavy atom. The van der Waals surface area contributed by atoms with Crippen molar-refractivity contribution < 1.29 is 9.90 Å². The van der Waals surface area contributed by atoms with Gasteiger partial charge in [0.1, 0.15) is 0 Å². The third kappa shape index (κ3) is 3.24. The molecule has 1 aromatic carbocycles. The number of carbonyl (C=O) groups excluding carboxylic acids is 1. The number of likely N-dealkylation sites (tertiary alicyclic amines) is 1. The topological polar surface area (TPSA) is 70.4 Å². The molecule has 138 valence electrons. The molecule has 2 aliphatic rings. The molecule has 2 saturated heterocycles. The highest BCUT2D eigenvalue weighted by molar-refractivity contribution is 6.30. The summed E-state index contributed by atoms with van der Waals surface area (Å²) < 4.78 is 1.81. The Kier molecular flexibility index (Phi) is 4.73. The van der Waals surface area contributed by atoms with Gasteiger partial charge in [-0.05, 0) is 37.5 Å². The summed E-state index contributed by atoms with van der Waals surface area (Å²) in [4.78, 5) is 14.7. The number of aromatic nitrogens is 2. The van der Waals surface area contributed by atoms with Crippen LogP contribution in [0.4, 0.5) is 0 Å². The van der Waals surface area contributed by atoms with Crippen molar-refractivity contribution in [1.29, 1.82) is 0 Å². The lowest BCUT2D eigenvalue weighted by atomic mass is 9.71. The van der Waals surface area contributed by atoms with E-state index < -0.39 is 11.5 Å². The summed E-state index contributed by atoms with van der Waals surface area (Å²) in [5.41, 5.74) is 1.33. The number of hydrogen-bond acceptors (Lipinski definition) is 4. The van der Waals surface area contributed by atoms with E-state index in [0.717, 1.165) is 30.6 Å². The molecule has 2 fully saturated rings. The zero-order chi connectivity index (χ0) is 18.1. The van der Waals surface area contributed by atoms with Crippen molar-refractivity contribution in [2.45, 2.75) is 31.9 Å². The first-order valence-corrected chi connectivity index (χ1v) is 9.43. The van der Waals surface area contributed by atoms with Gasteiger partial charge in [0.25, 0.3) is 0 Å². The minimum Gasteiger partial charge on any atom is -0.392 e. The van der Waals surface area contributed by atoms with Gasteiger partial charge in [-0.1, -0.05) is 17.7 Å². The zero-order valence-corrected chi connectivity index (χ0v) is 15.3. The third-order valence-electron chi connectivity index (χ3n) is 5.51. The average molecular weight is 375 g/mol. The van der Waals surface area contributed by atoms with Crippen LogP contribution in [-0.4, -0.2) is 51.4 Å². The van der Waals surface area contributed by atoms with Gasteiger partial charge < -0.3 is 10.4 Å². The predicted octanol–water partition coefficient (Wildman–Crippen LogP) is 1.99. The second-order valence-corrected chi connectivity index (χ2v) is 7.74. The van der Waals surface area contributed by atoms with Gasteiger partial charge in [-0.15, -0.1) is 0 Å². The number of benzene rings is 1. The van der Waals surface area contributed by atoms with E-state index in [2.05, 4.69) is 15.3 Å². The van der Waals surface area contributed by atoms with Gasteiger partial charge in [-0.25, -0.2) is 4.68 Å². The minimum atomic E-state index is -0.667. The molecule has 0 bridgehead atoms. The first kappa shape index (κ1) is 17.5. The number of rotatable bonds is 3. The molecular weight excluding hydrogens is 352 g/mol. The first-order valence-electron chi connectivity index (χ1n) is 9.05. The van der Waals surface area contributed by atoms with Gasteiger partial charge in [-0.3, -0.25) is 9.69 Å². The summed E-state index contributed by atoms with van der Waals surface area (Å²) in [5, 5.41) is 18.5. The van der Waals surface area contributed by atoms with Gasteiger partial charge in [-0.2, -0.15) is 5.10 Å². The number of halogens is 1. The van der Waals surface area contributed by atoms with Crippen LogP contribution in [0.15, 0.2) is 36.7 Å². The van der Waals surface area contributed by atoms with Crippen LogP contribution in [0.1, 0.15) is 24.8 Å². The number of piperidine rings is 2. The summed E-state index contributed by atoms with van der Waals surface area (Å²) in [6.07, 6.45) is 5.56. The summed E-state index contributed by atoms with van der Waals surface area (Å²) >= 11 is 6.06. The van der Waals surface area contributed by atoms with Crippen molar-refractivity contribution in [2.24, 2.45) is 5.41 Å². The van der Waals surface area contributed by atoms with Crippen LogP contribution < -0.4 is 5.32 Å². The molecule has 0 saturated carbocycles. The summed E-state index contributed by atoms with van der Waals surface area (Å²) in [7, 11) is 0. The molecule has 1 aromatic heterocycles. The number of aliphatic hydroxyl groups excluding tert-OH is 1. The van der Waals surface area contributed by atoms with E-state index >= 15 is 0 Å². The van der Waals surface area contributed by atoms with E-state index in [1.165, 1.54) is 0 Å². The molecule has 2 atom stereocenters. The lowest BCUT2D eigenvalue weighted by molar-refractivity contribution is -0.149. The Hall–Kier alpha value is -1.89. The molecule has 26 heavy (non-hydrogen) atoms. The standard InChI is InChI=1S/C19H23ClN4O2/c20-15-3-1-4-16(9-15)24-12-14(10-22-24)11-23-8-5-17(25)19(13-23)6-2-7-21-18(19)26/h1,3-4,9-10,12,17,25H,2,5-8,11,13H2,(H,21,26)/t17-,19+/m0/s1. The summed E-state index contributed by atoms with van der Waals surface area (Å²) in [6.45, 7) is 2.78. The molecule has 4 rings (SSSR count). The largest absolute Gasteiger partial charge is 0.392 e. The smallest absolute Gasteiger partial charge is 0.230 e. The Bertz CT molecular complexity index is 808. The number of hydrogen-bond donors (Lipinski definition) is 2. The maximum Gasteiger partial charge on any atom is 0.230 e. The quantitative estimate of drug-likeness (QED) is 0.862. The Balaban J connectivity index is 1.48. The third-order valence-corrected chi connectivity index (χ3v) is 5.75. The van der Waals surface area contributed by atoms with E-state index in [-0.39, 0.29) is 5.91 Å².